The largest absolute Gasteiger partial charge is 0.504 e. The maximum absolute atomic E-state index is 12.5. The number of nitro groups is 1. The molecule has 0 aromatic heterocycles. The first-order valence-electron chi connectivity index (χ1n) is 9.45. The summed E-state index contributed by atoms with van der Waals surface area (Å²) in [5.74, 6) is -1.43. The number of ether oxygens (including phenoxy) is 1. The van der Waals surface area contributed by atoms with E-state index in [1.807, 2.05) is 0 Å². The molecule has 0 atom stereocenters. The SMILES string of the molecule is COc1cc(Cl)c(Cl)c(C=NNC(=O)c2cccc(NC(=O)c3cccc([N+](=O)[O-])c3)c2)c1O. The van der Waals surface area contributed by atoms with Crippen molar-refractivity contribution in [3.8, 4) is 11.5 Å². The number of hydrogen-bond donors (Lipinski definition) is 3. The molecule has 0 spiro atoms. The van der Waals surface area contributed by atoms with Gasteiger partial charge >= 0.3 is 0 Å². The second-order valence-electron chi connectivity index (χ2n) is 6.68. The lowest BCUT2D eigenvalue weighted by Gasteiger charge is -2.09. The van der Waals surface area contributed by atoms with Crippen LogP contribution in [0.25, 0.3) is 0 Å². The van der Waals surface area contributed by atoms with E-state index in [-0.39, 0.29) is 49.6 Å². The number of benzene rings is 3. The molecule has 12 heteroatoms. The van der Waals surface area contributed by atoms with Crippen LogP contribution in [-0.4, -0.2) is 35.2 Å². The van der Waals surface area contributed by atoms with Crippen LogP contribution in [0.15, 0.2) is 59.7 Å². The Morgan fingerprint density at radius 3 is 2.44 bits per heavy atom. The molecule has 2 amide bonds. The van der Waals surface area contributed by atoms with Crippen molar-refractivity contribution in [3.05, 3.63) is 91.4 Å². The fourth-order valence-corrected chi connectivity index (χ4v) is 3.20. The molecule has 34 heavy (non-hydrogen) atoms. The molecule has 3 aromatic rings. The number of carbonyl (C=O) groups is 2. The average molecular weight is 503 g/mol. The van der Waals surface area contributed by atoms with Gasteiger partial charge in [-0.1, -0.05) is 35.3 Å². The van der Waals surface area contributed by atoms with E-state index in [1.54, 1.807) is 6.07 Å². The fraction of sp³-hybridized carbons (Fsp3) is 0.0455. The van der Waals surface area contributed by atoms with Gasteiger partial charge in [0, 0.05) is 35.0 Å². The van der Waals surface area contributed by atoms with Crippen molar-refractivity contribution in [1.82, 2.24) is 5.43 Å². The minimum atomic E-state index is -0.618. The topological polar surface area (TPSA) is 143 Å². The molecule has 3 N–H and O–H groups in total. The van der Waals surface area contributed by atoms with Crippen molar-refractivity contribution in [2.24, 2.45) is 5.10 Å². The first-order chi connectivity index (χ1) is 16.2. The van der Waals surface area contributed by atoms with Crippen LogP contribution in [-0.2, 0) is 0 Å². The Morgan fingerprint density at radius 2 is 1.76 bits per heavy atom. The lowest BCUT2D eigenvalue weighted by molar-refractivity contribution is -0.384. The number of carbonyl (C=O) groups excluding carboxylic acids is 2. The molecule has 174 valence electrons. The van der Waals surface area contributed by atoms with Crippen LogP contribution in [0.4, 0.5) is 11.4 Å². The number of phenols is 1. The molecule has 0 saturated carbocycles. The van der Waals surface area contributed by atoms with E-state index >= 15 is 0 Å². The lowest BCUT2D eigenvalue weighted by Crippen LogP contribution is -2.18. The summed E-state index contributed by atoms with van der Waals surface area (Å²) in [6, 6.07) is 12.5. The Kier molecular flexibility index (Phi) is 7.67. The number of halogens is 2. The monoisotopic (exact) mass is 502 g/mol. The molecular weight excluding hydrogens is 487 g/mol. The van der Waals surface area contributed by atoms with Crippen LogP contribution in [0, 0.1) is 10.1 Å². The zero-order valence-corrected chi connectivity index (χ0v) is 18.9. The average Bonchev–Trinajstić information content (AvgIpc) is 2.83. The van der Waals surface area contributed by atoms with E-state index in [0.717, 1.165) is 12.3 Å². The highest BCUT2D eigenvalue weighted by Gasteiger charge is 2.16. The highest BCUT2D eigenvalue weighted by molar-refractivity contribution is 6.43. The summed E-state index contributed by atoms with van der Waals surface area (Å²) in [4.78, 5) is 35.2. The minimum absolute atomic E-state index is 0.0174. The normalized spacial score (nSPS) is 10.7. The molecule has 0 aliphatic heterocycles. The molecular formula is C22H16Cl2N4O6. The minimum Gasteiger partial charge on any atom is -0.504 e. The second-order valence-corrected chi connectivity index (χ2v) is 7.46. The lowest BCUT2D eigenvalue weighted by atomic mass is 10.1. The highest BCUT2D eigenvalue weighted by atomic mass is 35.5. The van der Waals surface area contributed by atoms with Gasteiger partial charge in [0.25, 0.3) is 17.5 Å². The van der Waals surface area contributed by atoms with Crippen molar-refractivity contribution in [2.45, 2.75) is 0 Å². The van der Waals surface area contributed by atoms with E-state index in [4.69, 9.17) is 27.9 Å². The van der Waals surface area contributed by atoms with Crippen LogP contribution < -0.4 is 15.5 Å². The molecule has 10 nitrogen and oxygen atoms in total. The first kappa shape index (κ1) is 24.5. The number of nitrogens with one attached hydrogen (secondary N) is 2. The van der Waals surface area contributed by atoms with Gasteiger partial charge in [-0.3, -0.25) is 19.7 Å². The zero-order chi connectivity index (χ0) is 24.8. The summed E-state index contributed by atoms with van der Waals surface area (Å²) in [6.45, 7) is 0. The van der Waals surface area contributed by atoms with Gasteiger partial charge in [-0.2, -0.15) is 5.10 Å². The van der Waals surface area contributed by atoms with Gasteiger partial charge < -0.3 is 15.2 Å². The summed E-state index contributed by atoms with van der Waals surface area (Å²) in [5.41, 5.74) is 2.64. The summed E-state index contributed by atoms with van der Waals surface area (Å²) in [6.07, 6.45) is 1.11. The highest BCUT2D eigenvalue weighted by Crippen LogP contribution is 2.39. The Labute approximate surface area is 202 Å². The number of non-ortho nitro benzene ring substituents is 1. The van der Waals surface area contributed by atoms with Crippen molar-refractivity contribution >= 4 is 52.6 Å². The Morgan fingerprint density at radius 1 is 1.09 bits per heavy atom. The quantitative estimate of drug-likeness (QED) is 0.244. The standard InChI is InChI=1S/C22H16Cl2N4O6/c1-34-18-10-17(23)19(24)16(20(18)29)11-25-27-22(31)12-4-2-6-14(8-12)26-21(30)13-5-3-7-15(9-13)28(32)33/h2-11,29H,1H3,(H,26,30)(H,27,31). The second kappa shape index (κ2) is 10.6. The summed E-state index contributed by atoms with van der Waals surface area (Å²) < 4.78 is 5.00. The van der Waals surface area contributed by atoms with Gasteiger partial charge in [-0.15, -0.1) is 0 Å². The van der Waals surface area contributed by atoms with Crippen LogP contribution in [0.5, 0.6) is 11.5 Å². The van der Waals surface area contributed by atoms with Gasteiger partial charge in [-0.25, -0.2) is 5.43 Å². The van der Waals surface area contributed by atoms with Crippen LogP contribution in [0.3, 0.4) is 0 Å². The maximum Gasteiger partial charge on any atom is 0.271 e. The van der Waals surface area contributed by atoms with Gasteiger partial charge in [0.2, 0.25) is 0 Å². The predicted octanol–water partition coefficient (Wildman–Crippen LogP) is 4.63. The van der Waals surface area contributed by atoms with Crippen LogP contribution in [0.2, 0.25) is 10.0 Å². The van der Waals surface area contributed by atoms with E-state index in [0.29, 0.717) is 0 Å². The predicted molar refractivity (Wildman–Crippen MR) is 127 cm³/mol. The number of phenolic OH excluding ortho intramolecular Hbond substituents is 1. The molecule has 0 bridgehead atoms. The number of anilines is 1. The van der Waals surface area contributed by atoms with Gasteiger partial charge in [0.1, 0.15) is 0 Å². The number of amides is 2. The molecule has 3 rings (SSSR count). The summed E-state index contributed by atoms with van der Waals surface area (Å²) >= 11 is 12.1. The molecule has 3 aromatic carbocycles. The number of hydrogen-bond acceptors (Lipinski definition) is 7. The van der Waals surface area contributed by atoms with Crippen molar-refractivity contribution in [2.75, 3.05) is 12.4 Å². The van der Waals surface area contributed by atoms with Gasteiger partial charge in [0.15, 0.2) is 11.5 Å². The van der Waals surface area contributed by atoms with E-state index in [2.05, 4.69) is 15.8 Å². The third-order valence-electron chi connectivity index (χ3n) is 4.47. The van der Waals surface area contributed by atoms with Crippen LogP contribution >= 0.6 is 23.2 Å². The fourth-order valence-electron chi connectivity index (χ4n) is 2.81. The van der Waals surface area contributed by atoms with Gasteiger partial charge in [0.05, 0.1) is 33.9 Å². The number of nitrogens with zero attached hydrogens (tertiary/aromatic N) is 2. The molecule has 0 aliphatic rings. The number of methoxy groups -OCH3 is 1. The third-order valence-corrected chi connectivity index (χ3v) is 5.28. The summed E-state index contributed by atoms with van der Waals surface area (Å²) in [7, 11) is 1.34. The maximum atomic E-state index is 12.5. The van der Waals surface area contributed by atoms with E-state index in [9.17, 15) is 24.8 Å². The van der Waals surface area contributed by atoms with Crippen molar-refractivity contribution in [1.29, 1.82) is 0 Å². The number of rotatable bonds is 7. The molecule has 0 unspecified atom stereocenters. The third kappa shape index (κ3) is 5.61. The zero-order valence-electron chi connectivity index (χ0n) is 17.4. The van der Waals surface area contributed by atoms with Crippen LogP contribution in [0.1, 0.15) is 26.3 Å². The molecule has 0 radical (unpaired) electrons. The summed E-state index contributed by atoms with van der Waals surface area (Å²) in [5, 5.41) is 27.6. The molecule has 0 heterocycles. The van der Waals surface area contributed by atoms with E-state index < -0.39 is 16.7 Å². The Balaban J connectivity index is 1.72. The number of aromatic hydroxyl groups is 1. The number of hydrazone groups is 1. The van der Waals surface area contributed by atoms with E-state index in [1.165, 1.54) is 49.6 Å². The molecule has 0 aliphatic carbocycles. The molecule has 0 fully saturated rings. The first-order valence-corrected chi connectivity index (χ1v) is 10.2. The van der Waals surface area contributed by atoms with Gasteiger partial charge in [-0.05, 0) is 24.3 Å². The Bertz CT molecular complexity index is 1310. The van der Waals surface area contributed by atoms with Crippen molar-refractivity contribution in [3.63, 3.8) is 0 Å². The van der Waals surface area contributed by atoms with Crippen molar-refractivity contribution < 1.29 is 24.4 Å². The Hall–Kier alpha value is -4.15. The number of nitro benzene ring substituents is 1. The molecule has 0 saturated heterocycles. The smallest absolute Gasteiger partial charge is 0.271 e.